The van der Waals surface area contributed by atoms with Crippen molar-refractivity contribution in [2.75, 3.05) is 0 Å². The molecule has 0 saturated carbocycles. The van der Waals surface area contributed by atoms with E-state index in [4.69, 9.17) is 0 Å². The first-order valence-electron chi connectivity index (χ1n) is 10.7. The molecule has 2 aliphatic rings. The number of aryl methyl sites for hydroxylation is 1. The van der Waals surface area contributed by atoms with E-state index < -0.39 is 0 Å². The Morgan fingerprint density at radius 3 is 2.76 bits per heavy atom. The molecule has 1 aromatic carbocycles. The lowest BCUT2D eigenvalue weighted by atomic mass is 9.95. The molecule has 0 bridgehead atoms. The first kappa shape index (κ1) is 18.5. The van der Waals surface area contributed by atoms with Crippen LogP contribution in [0.15, 0.2) is 48.7 Å². The van der Waals surface area contributed by atoms with Crippen LogP contribution in [0.1, 0.15) is 59.5 Å². The van der Waals surface area contributed by atoms with Crippen molar-refractivity contribution < 1.29 is 4.79 Å². The third-order valence-electron chi connectivity index (χ3n) is 6.24. The number of carbonyl (C=O) groups excluding carboxylic acids is 1. The summed E-state index contributed by atoms with van der Waals surface area (Å²) >= 11 is 1.94. The molecule has 5 heteroatoms. The van der Waals surface area contributed by atoms with Crippen molar-refractivity contribution in [2.45, 2.75) is 58.2 Å². The lowest BCUT2D eigenvalue weighted by Crippen LogP contribution is -2.41. The molecule has 3 aromatic rings. The molecule has 29 heavy (non-hydrogen) atoms. The van der Waals surface area contributed by atoms with Crippen LogP contribution in [-0.4, -0.2) is 15.5 Å². The van der Waals surface area contributed by atoms with Gasteiger partial charge in [-0.2, -0.15) is 0 Å². The molecule has 0 saturated heterocycles. The molecule has 0 spiro atoms. The van der Waals surface area contributed by atoms with Gasteiger partial charge in [-0.1, -0.05) is 37.3 Å². The van der Waals surface area contributed by atoms with Crippen LogP contribution in [0.3, 0.4) is 0 Å². The molecular weight excluding hydrogens is 378 g/mol. The van der Waals surface area contributed by atoms with Crippen LogP contribution >= 0.6 is 11.3 Å². The third-order valence-corrected chi connectivity index (χ3v) is 7.57. The number of benzene rings is 1. The first-order valence-corrected chi connectivity index (χ1v) is 11.5. The highest BCUT2D eigenvalue weighted by Gasteiger charge is 2.34. The van der Waals surface area contributed by atoms with E-state index in [1.165, 1.54) is 46.0 Å². The Morgan fingerprint density at radius 1 is 1.10 bits per heavy atom. The molecule has 3 heterocycles. The van der Waals surface area contributed by atoms with Crippen molar-refractivity contribution >= 4 is 17.4 Å². The van der Waals surface area contributed by atoms with E-state index in [2.05, 4.69) is 52.2 Å². The van der Waals surface area contributed by atoms with Crippen molar-refractivity contribution in [3.8, 4) is 5.00 Å². The largest absolute Gasteiger partial charge is 0.334 e. The maximum atomic E-state index is 13.3. The minimum Gasteiger partial charge on any atom is -0.334 e. The number of amides is 2. The van der Waals surface area contributed by atoms with E-state index in [0.29, 0.717) is 13.1 Å². The third kappa shape index (κ3) is 3.27. The molecule has 1 atom stereocenters. The van der Waals surface area contributed by atoms with Crippen LogP contribution in [0.25, 0.3) is 5.00 Å². The molecule has 2 amide bonds. The summed E-state index contributed by atoms with van der Waals surface area (Å²) in [6.45, 7) is 3.43. The molecule has 0 fully saturated rings. The lowest BCUT2D eigenvalue weighted by Gasteiger charge is -2.30. The maximum absolute atomic E-state index is 13.3. The smallest absolute Gasteiger partial charge is 0.318 e. The number of fused-ring (bicyclic) bond motifs is 5. The summed E-state index contributed by atoms with van der Waals surface area (Å²) in [4.78, 5) is 16.9. The fraction of sp³-hybridized carbons (Fsp3) is 0.375. The van der Waals surface area contributed by atoms with E-state index in [9.17, 15) is 4.79 Å². The summed E-state index contributed by atoms with van der Waals surface area (Å²) in [6.07, 6.45) is 7.94. The Morgan fingerprint density at radius 2 is 1.93 bits per heavy atom. The number of nitrogens with zero attached hydrogens (tertiary/aromatic N) is 2. The average Bonchev–Trinajstić information content (AvgIpc) is 3.35. The number of hydrogen-bond acceptors (Lipinski definition) is 2. The minimum absolute atomic E-state index is 0.0251. The van der Waals surface area contributed by atoms with Crippen molar-refractivity contribution in [2.24, 2.45) is 0 Å². The van der Waals surface area contributed by atoms with Crippen molar-refractivity contribution in [1.82, 2.24) is 14.8 Å². The van der Waals surface area contributed by atoms with Gasteiger partial charge in [-0.15, -0.1) is 11.3 Å². The molecule has 1 aliphatic carbocycles. The van der Waals surface area contributed by atoms with E-state index in [1.807, 2.05) is 29.5 Å². The minimum atomic E-state index is 0.0251. The summed E-state index contributed by atoms with van der Waals surface area (Å²) in [7, 11) is 0. The van der Waals surface area contributed by atoms with Gasteiger partial charge < -0.3 is 14.8 Å². The second-order valence-corrected chi connectivity index (χ2v) is 9.08. The maximum Gasteiger partial charge on any atom is 0.318 e. The molecule has 2 aromatic heterocycles. The van der Waals surface area contributed by atoms with Crippen LogP contribution in [0.4, 0.5) is 4.79 Å². The van der Waals surface area contributed by atoms with E-state index in [0.717, 1.165) is 18.4 Å². The van der Waals surface area contributed by atoms with Gasteiger partial charge in [-0.3, -0.25) is 0 Å². The summed E-state index contributed by atoms with van der Waals surface area (Å²) in [5.74, 6) is 0. The van der Waals surface area contributed by atoms with E-state index in [1.54, 1.807) is 0 Å². The Balaban J connectivity index is 1.50. The lowest BCUT2D eigenvalue weighted by molar-refractivity contribution is 0.167. The molecule has 5 rings (SSSR count). The van der Waals surface area contributed by atoms with Crippen molar-refractivity contribution in [3.63, 3.8) is 0 Å². The standard InChI is InChI=1S/C24H27N3OS/c1-2-20-21-12-8-14-26(21)23-19(18-11-6-7-13-22(18)29-23)16-27(20)24(28)25-15-17-9-4-3-5-10-17/h3-5,8-10,12,14,20H,2,6-7,11,13,15-16H2,1H3,(H,25,28)/t20-/m1/s1. The quantitative estimate of drug-likeness (QED) is 0.606. The van der Waals surface area contributed by atoms with Gasteiger partial charge in [0.1, 0.15) is 5.00 Å². The predicted octanol–water partition coefficient (Wildman–Crippen LogP) is 5.59. The van der Waals surface area contributed by atoms with Gasteiger partial charge in [0.05, 0.1) is 12.6 Å². The molecule has 150 valence electrons. The Labute approximate surface area is 176 Å². The number of hydrogen-bond donors (Lipinski definition) is 1. The van der Waals surface area contributed by atoms with Gasteiger partial charge >= 0.3 is 6.03 Å². The van der Waals surface area contributed by atoms with Gasteiger partial charge in [0.2, 0.25) is 0 Å². The summed E-state index contributed by atoms with van der Waals surface area (Å²) in [6, 6.07) is 14.5. The Kier molecular flexibility index (Phi) is 4.92. The molecule has 4 nitrogen and oxygen atoms in total. The first-order chi connectivity index (χ1) is 14.3. The molecule has 1 N–H and O–H groups in total. The zero-order chi connectivity index (χ0) is 19.8. The zero-order valence-corrected chi connectivity index (χ0v) is 17.7. The van der Waals surface area contributed by atoms with Gasteiger partial charge in [-0.05, 0) is 55.4 Å². The Bertz CT molecular complexity index is 1020. The predicted molar refractivity (Wildman–Crippen MR) is 118 cm³/mol. The van der Waals surface area contributed by atoms with Crippen LogP contribution < -0.4 is 5.32 Å². The summed E-state index contributed by atoms with van der Waals surface area (Å²) in [5, 5.41) is 4.50. The summed E-state index contributed by atoms with van der Waals surface area (Å²) < 4.78 is 2.34. The molecular formula is C24H27N3OS. The molecule has 1 aliphatic heterocycles. The average molecular weight is 406 g/mol. The highest BCUT2D eigenvalue weighted by molar-refractivity contribution is 7.15. The number of urea groups is 1. The van der Waals surface area contributed by atoms with Crippen LogP contribution in [0.5, 0.6) is 0 Å². The number of aromatic nitrogens is 1. The van der Waals surface area contributed by atoms with Gasteiger partial charge in [-0.25, -0.2) is 4.79 Å². The topological polar surface area (TPSA) is 37.3 Å². The monoisotopic (exact) mass is 405 g/mol. The fourth-order valence-corrected chi connectivity index (χ4v) is 6.19. The molecule has 0 radical (unpaired) electrons. The van der Waals surface area contributed by atoms with Gasteiger partial charge in [0.25, 0.3) is 0 Å². The normalized spacial score (nSPS) is 17.8. The number of nitrogens with one attached hydrogen (secondary N) is 1. The number of rotatable bonds is 3. The van der Waals surface area contributed by atoms with Crippen LogP contribution in [0.2, 0.25) is 0 Å². The van der Waals surface area contributed by atoms with Crippen LogP contribution in [0, 0.1) is 0 Å². The highest BCUT2D eigenvalue weighted by atomic mass is 32.1. The molecule has 0 unspecified atom stereocenters. The number of carbonyl (C=O) groups is 1. The summed E-state index contributed by atoms with van der Waals surface area (Å²) in [5.41, 5.74) is 5.22. The van der Waals surface area contributed by atoms with Gasteiger partial charge in [0, 0.05) is 28.9 Å². The van der Waals surface area contributed by atoms with Crippen LogP contribution in [-0.2, 0) is 25.9 Å². The Hall–Kier alpha value is -2.53. The van der Waals surface area contributed by atoms with Gasteiger partial charge in [0.15, 0.2) is 0 Å². The van der Waals surface area contributed by atoms with Crippen molar-refractivity contribution in [1.29, 1.82) is 0 Å². The van der Waals surface area contributed by atoms with E-state index in [-0.39, 0.29) is 12.1 Å². The SMILES string of the molecule is CC[C@@H]1c2cccn2-c2sc3c(c2CN1C(=O)NCc1ccccc1)CCCC3. The second-order valence-electron chi connectivity index (χ2n) is 7.99. The van der Waals surface area contributed by atoms with Crippen molar-refractivity contribution in [3.05, 3.63) is 75.9 Å². The highest BCUT2D eigenvalue weighted by Crippen LogP contribution is 2.42. The van der Waals surface area contributed by atoms with E-state index >= 15 is 0 Å². The zero-order valence-electron chi connectivity index (χ0n) is 16.9. The second kappa shape index (κ2) is 7.71. The number of thiophene rings is 1. The fourth-order valence-electron chi connectivity index (χ4n) is 4.78.